The Kier molecular flexibility index (Phi) is 4.92. The molecular formula is C18H28O2Si. The first kappa shape index (κ1) is 16.3. The monoisotopic (exact) mass is 304 g/mol. The zero-order valence-corrected chi connectivity index (χ0v) is 14.8. The fraction of sp³-hybridized carbons (Fsp3) is 0.611. The van der Waals surface area contributed by atoms with Gasteiger partial charge < -0.3 is 4.74 Å². The van der Waals surface area contributed by atoms with Crippen molar-refractivity contribution in [2.24, 2.45) is 0 Å². The van der Waals surface area contributed by atoms with E-state index in [0.29, 0.717) is 12.5 Å². The van der Waals surface area contributed by atoms with Crippen LogP contribution >= 0.6 is 0 Å². The zero-order chi connectivity index (χ0) is 15.5. The number of esters is 1. The molecule has 1 aromatic carbocycles. The van der Waals surface area contributed by atoms with E-state index in [0.717, 1.165) is 6.42 Å². The van der Waals surface area contributed by atoms with Gasteiger partial charge in [-0.15, -0.1) is 0 Å². The molecule has 2 atom stereocenters. The molecule has 1 saturated carbocycles. The van der Waals surface area contributed by atoms with Gasteiger partial charge in [-0.3, -0.25) is 4.79 Å². The summed E-state index contributed by atoms with van der Waals surface area (Å²) in [6.45, 7) is 9.24. The van der Waals surface area contributed by atoms with Crippen LogP contribution in [0.1, 0.15) is 45.6 Å². The van der Waals surface area contributed by atoms with Crippen LogP contribution < -0.4 is 0 Å². The second-order valence-corrected chi connectivity index (χ2v) is 11.8. The first-order valence-electron chi connectivity index (χ1n) is 8.34. The van der Waals surface area contributed by atoms with Crippen LogP contribution in [0, 0.1) is 0 Å². The number of hydrogen-bond donors (Lipinski definition) is 0. The predicted molar refractivity (Wildman–Crippen MR) is 90.3 cm³/mol. The van der Waals surface area contributed by atoms with Gasteiger partial charge in [0, 0.05) is 0 Å². The first-order valence-corrected chi connectivity index (χ1v) is 11.0. The minimum Gasteiger partial charge on any atom is -0.466 e. The Labute approximate surface area is 129 Å². The van der Waals surface area contributed by atoms with Gasteiger partial charge in [0.25, 0.3) is 0 Å². The van der Waals surface area contributed by atoms with Crippen molar-refractivity contribution in [2.75, 3.05) is 6.61 Å². The molecule has 1 fully saturated rings. The van der Waals surface area contributed by atoms with Gasteiger partial charge in [-0.05, 0) is 24.8 Å². The lowest BCUT2D eigenvalue weighted by atomic mass is 10.1. The van der Waals surface area contributed by atoms with Crippen molar-refractivity contribution in [3.05, 3.63) is 35.9 Å². The minimum absolute atomic E-state index is 0.0797. The highest BCUT2D eigenvalue weighted by molar-refractivity contribution is 6.86. The van der Waals surface area contributed by atoms with E-state index < -0.39 is 8.07 Å². The molecule has 0 amide bonds. The molecular weight excluding hydrogens is 276 g/mol. The molecule has 2 nitrogen and oxygen atoms in total. The Morgan fingerprint density at radius 3 is 2.19 bits per heavy atom. The van der Waals surface area contributed by atoms with Crippen LogP contribution in [0.3, 0.4) is 0 Å². The average Bonchev–Trinajstić information content (AvgIpc) is 3.28. The summed E-state index contributed by atoms with van der Waals surface area (Å²) in [5.74, 6) is 0.459. The molecule has 1 aliphatic carbocycles. The topological polar surface area (TPSA) is 26.3 Å². The summed E-state index contributed by atoms with van der Waals surface area (Å²) in [5, 5.41) is -0.178. The molecule has 0 radical (unpaired) electrons. The van der Waals surface area contributed by atoms with Gasteiger partial charge in [0.05, 0.1) is 19.7 Å². The number of ether oxygens (including phenoxy) is 1. The van der Waals surface area contributed by atoms with Crippen molar-refractivity contribution in [2.45, 2.75) is 63.2 Å². The number of rotatable bonds is 7. The molecule has 2 rings (SSSR count). The fourth-order valence-corrected chi connectivity index (χ4v) is 9.78. The Balaban J connectivity index is 2.42. The molecule has 0 aliphatic heterocycles. The van der Waals surface area contributed by atoms with Crippen LogP contribution in [-0.4, -0.2) is 20.7 Å². The Morgan fingerprint density at radius 1 is 1.14 bits per heavy atom. The van der Waals surface area contributed by atoms with Gasteiger partial charge in [0.15, 0.2) is 0 Å². The van der Waals surface area contributed by atoms with E-state index in [9.17, 15) is 4.79 Å². The lowest BCUT2D eigenvalue weighted by Gasteiger charge is -2.37. The molecule has 1 aliphatic rings. The molecule has 116 valence electrons. The normalized spacial score (nSPS) is 24.7. The molecule has 21 heavy (non-hydrogen) atoms. The fourth-order valence-electron chi connectivity index (χ4n) is 4.34. The third-order valence-electron chi connectivity index (χ3n) is 5.78. The Bertz CT molecular complexity index is 473. The molecule has 0 saturated heterocycles. The minimum atomic E-state index is -1.65. The summed E-state index contributed by atoms with van der Waals surface area (Å²) in [7, 11) is -1.65. The summed E-state index contributed by atoms with van der Waals surface area (Å²) < 4.78 is 5.53. The van der Waals surface area contributed by atoms with E-state index in [1.54, 1.807) is 0 Å². The average molecular weight is 305 g/mol. The number of carbonyl (C=O) groups is 1. The van der Waals surface area contributed by atoms with E-state index in [1.165, 1.54) is 23.7 Å². The van der Waals surface area contributed by atoms with Gasteiger partial charge in [-0.25, -0.2) is 0 Å². The van der Waals surface area contributed by atoms with Crippen LogP contribution in [0.5, 0.6) is 0 Å². The van der Waals surface area contributed by atoms with Crippen molar-refractivity contribution < 1.29 is 9.53 Å². The van der Waals surface area contributed by atoms with Gasteiger partial charge in [-0.1, -0.05) is 69.2 Å². The quantitative estimate of drug-likeness (QED) is 0.524. The molecule has 0 aromatic heterocycles. The van der Waals surface area contributed by atoms with E-state index in [2.05, 4.69) is 45.0 Å². The Morgan fingerprint density at radius 2 is 1.71 bits per heavy atom. The third kappa shape index (κ3) is 2.46. The van der Waals surface area contributed by atoms with Crippen molar-refractivity contribution >= 4 is 14.0 Å². The maximum atomic E-state index is 12.8. The van der Waals surface area contributed by atoms with E-state index >= 15 is 0 Å². The maximum Gasteiger partial charge on any atom is 0.309 e. The predicted octanol–water partition coefficient (Wildman–Crippen LogP) is 4.99. The highest BCUT2D eigenvalue weighted by Crippen LogP contribution is 2.73. The van der Waals surface area contributed by atoms with E-state index in [1.807, 2.05) is 13.0 Å². The number of benzene rings is 1. The number of carbonyl (C=O) groups excluding carboxylic acids is 1. The van der Waals surface area contributed by atoms with Crippen LogP contribution in [0.4, 0.5) is 0 Å². The standard InChI is InChI=1S/C18H28O2Si/c1-5-20-17(19)18(21(6-2,7-3)8-4)14-16(18)15-12-10-9-11-13-15/h9-13,16H,5-8,14H2,1-4H3/t16-,18-/m0/s1. The molecule has 0 unspecified atom stereocenters. The highest BCUT2D eigenvalue weighted by atomic mass is 28.3. The van der Waals surface area contributed by atoms with Crippen LogP contribution in [0.15, 0.2) is 30.3 Å². The Hall–Kier alpha value is -1.09. The maximum absolute atomic E-state index is 12.8. The van der Waals surface area contributed by atoms with Crippen molar-refractivity contribution in [1.82, 2.24) is 0 Å². The summed E-state index contributed by atoms with van der Waals surface area (Å²) in [6.07, 6.45) is 0.998. The summed E-state index contributed by atoms with van der Waals surface area (Å²) in [6, 6.07) is 14.1. The smallest absolute Gasteiger partial charge is 0.309 e. The summed E-state index contributed by atoms with van der Waals surface area (Å²) >= 11 is 0. The second kappa shape index (κ2) is 6.35. The van der Waals surface area contributed by atoms with Crippen molar-refractivity contribution in [3.8, 4) is 0 Å². The van der Waals surface area contributed by atoms with Crippen molar-refractivity contribution in [3.63, 3.8) is 0 Å². The van der Waals surface area contributed by atoms with Gasteiger partial charge in [0.2, 0.25) is 0 Å². The molecule has 0 heterocycles. The zero-order valence-electron chi connectivity index (χ0n) is 13.8. The molecule has 0 spiro atoms. The lowest BCUT2D eigenvalue weighted by molar-refractivity contribution is -0.144. The highest BCUT2D eigenvalue weighted by Gasteiger charge is 2.71. The largest absolute Gasteiger partial charge is 0.466 e. The molecule has 3 heteroatoms. The first-order chi connectivity index (χ1) is 10.1. The van der Waals surface area contributed by atoms with Crippen molar-refractivity contribution in [1.29, 1.82) is 0 Å². The van der Waals surface area contributed by atoms with Crippen LogP contribution in [0.2, 0.25) is 23.2 Å². The van der Waals surface area contributed by atoms with E-state index in [4.69, 9.17) is 4.74 Å². The van der Waals surface area contributed by atoms with Crippen LogP contribution in [0.25, 0.3) is 0 Å². The number of hydrogen-bond acceptors (Lipinski definition) is 2. The lowest BCUT2D eigenvalue weighted by Crippen LogP contribution is -2.44. The second-order valence-electron chi connectivity index (χ2n) is 6.20. The third-order valence-corrected chi connectivity index (χ3v) is 12.5. The van der Waals surface area contributed by atoms with Crippen LogP contribution in [-0.2, 0) is 9.53 Å². The summed E-state index contributed by atoms with van der Waals surface area (Å²) in [5.41, 5.74) is 1.32. The summed E-state index contributed by atoms with van der Waals surface area (Å²) in [4.78, 5) is 12.8. The van der Waals surface area contributed by atoms with Gasteiger partial charge in [0.1, 0.15) is 0 Å². The van der Waals surface area contributed by atoms with E-state index in [-0.39, 0.29) is 11.0 Å². The van der Waals surface area contributed by atoms with Gasteiger partial charge >= 0.3 is 5.97 Å². The SMILES string of the molecule is CCOC(=O)[C@]1([Si](CC)(CC)CC)C[C@H]1c1ccccc1. The molecule has 0 N–H and O–H groups in total. The molecule has 0 bridgehead atoms. The molecule has 1 aromatic rings. The van der Waals surface area contributed by atoms with Gasteiger partial charge in [-0.2, -0.15) is 0 Å².